The van der Waals surface area contributed by atoms with Gasteiger partial charge in [-0.15, -0.1) is 11.3 Å². The predicted octanol–water partition coefficient (Wildman–Crippen LogP) is 5.98. The van der Waals surface area contributed by atoms with Crippen LogP contribution in [0.5, 0.6) is 0 Å². The molecule has 0 unspecified atom stereocenters. The molecule has 3 aromatic rings. The monoisotopic (exact) mass is 300 g/mol. The largest absolute Gasteiger partial charge is 0.203 e. The molecule has 0 nitrogen and oxygen atoms in total. The van der Waals surface area contributed by atoms with Gasteiger partial charge in [-0.2, -0.15) is 0 Å². The summed E-state index contributed by atoms with van der Waals surface area (Å²) < 4.78 is 28.7. The number of hydrogen-bond donors (Lipinski definition) is 0. The van der Waals surface area contributed by atoms with E-state index in [4.69, 9.17) is 0 Å². The first-order valence-electron chi connectivity index (χ1n) is 6.68. The summed E-state index contributed by atoms with van der Waals surface area (Å²) in [6.07, 6.45) is 0. The Balaban J connectivity index is 2.10. The fourth-order valence-electron chi connectivity index (χ4n) is 2.28. The maximum absolute atomic E-state index is 14.4. The van der Waals surface area contributed by atoms with Crippen LogP contribution in [0.2, 0.25) is 0 Å². The van der Waals surface area contributed by atoms with Crippen molar-refractivity contribution < 1.29 is 8.78 Å². The van der Waals surface area contributed by atoms with Gasteiger partial charge in [0.2, 0.25) is 0 Å². The van der Waals surface area contributed by atoms with Gasteiger partial charge >= 0.3 is 0 Å². The number of halogens is 2. The zero-order valence-electron chi connectivity index (χ0n) is 11.8. The summed E-state index contributed by atoms with van der Waals surface area (Å²) in [6, 6.07) is 14.4. The van der Waals surface area contributed by atoms with E-state index in [0.29, 0.717) is 16.7 Å². The maximum atomic E-state index is 14.4. The smallest absolute Gasteiger partial charge is 0.168 e. The molecular formula is C18H14F2S. The van der Waals surface area contributed by atoms with Crippen molar-refractivity contribution in [3.8, 4) is 21.6 Å². The second-order valence-electron chi connectivity index (χ2n) is 5.06. The fourth-order valence-corrected chi connectivity index (χ4v) is 3.16. The molecule has 1 aromatic heterocycles. The number of aryl methyl sites for hydroxylation is 2. The van der Waals surface area contributed by atoms with Crippen LogP contribution < -0.4 is 0 Å². The van der Waals surface area contributed by atoms with E-state index < -0.39 is 11.6 Å². The second kappa shape index (κ2) is 5.41. The van der Waals surface area contributed by atoms with Gasteiger partial charge in [0.15, 0.2) is 11.6 Å². The molecule has 0 atom stereocenters. The van der Waals surface area contributed by atoms with Crippen LogP contribution >= 0.6 is 11.3 Å². The molecule has 3 heteroatoms. The van der Waals surface area contributed by atoms with E-state index >= 15 is 0 Å². The Morgan fingerprint density at radius 3 is 1.95 bits per heavy atom. The lowest BCUT2D eigenvalue weighted by molar-refractivity contribution is 0.514. The molecule has 0 bridgehead atoms. The van der Waals surface area contributed by atoms with E-state index in [1.165, 1.54) is 11.3 Å². The molecule has 3 rings (SSSR count). The molecule has 0 aliphatic carbocycles. The van der Waals surface area contributed by atoms with Gasteiger partial charge in [0.1, 0.15) is 0 Å². The normalized spacial score (nSPS) is 10.9. The van der Waals surface area contributed by atoms with Crippen LogP contribution in [0.3, 0.4) is 0 Å². The van der Waals surface area contributed by atoms with Crippen molar-refractivity contribution in [2.75, 3.05) is 0 Å². The molecule has 0 fully saturated rings. The van der Waals surface area contributed by atoms with Gasteiger partial charge in [-0.1, -0.05) is 35.9 Å². The van der Waals surface area contributed by atoms with Crippen LogP contribution in [0, 0.1) is 25.5 Å². The summed E-state index contributed by atoms with van der Waals surface area (Å²) >= 11 is 1.46. The number of rotatable bonds is 2. The van der Waals surface area contributed by atoms with Gasteiger partial charge in [-0.3, -0.25) is 0 Å². The zero-order valence-corrected chi connectivity index (χ0v) is 12.6. The summed E-state index contributed by atoms with van der Waals surface area (Å²) in [6.45, 7) is 3.91. The van der Waals surface area contributed by atoms with E-state index in [1.807, 2.05) is 50.2 Å². The first kappa shape index (κ1) is 14.0. The van der Waals surface area contributed by atoms with Crippen molar-refractivity contribution in [2.24, 2.45) is 0 Å². The Morgan fingerprint density at radius 1 is 0.714 bits per heavy atom. The van der Waals surface area contributed by atoms with Crippen LogP contribution in [0.1, 0.15) is 10.4 Å². The van der Waals surface area contributed by atoms with Crippen LogP contribution in [-0.2, 0) is 0 Å². The summed E-state index contributed by atoms with van der Waals surface area (Å²) in [5.41, 5.74) is 2.39. The van der Waals surface area contributed by atoms with Crippen molar-refractivity contribution in [3.63, 3.8) is 0 Å². The highest BCUT2D eigenvalue weighted by atomic mass is 32.1. The third kappa shape index (κ3) is 2.61. The summed E-state index contributed by atoms with van der Waals surface area (Å²) in [7, 11) is 0. The maximum Gasteiger partial charge on any atom is 0.168 e. The summed E-state index contributed by atoms with van der Waals surface area (Å²) in [4.78, 5) is 1.83. The zero-order chi connectivity index (χ0) is 15.0. The van der Waals surface area contributed by atoms with Crippen molar-refractivity contribution >= 4 is 11.3 Å². The minimum absolute atomic E-state index is 0.296. The lowest BCUT2D eigenvalue weighted by atomic mass is 10.0. The molecule has 0 aliphatic heterocycles. The first-order chi connectivity index (χ1) is 10.1. The van der Waals surface area contributed by atoms with E-state index in [9.17, 15) is 8.78 Å². The average Bonchev–Trinajstić information content (AvgIpc) is 2.89. The standard InChI is InChI=1S/C18H14F2S/c1-11-3-6-13(7-4-11)14-8-9-15(18(20)17(14)19)16-10-5-12(2)21-16/h3-10H,1-2H3. The van der Waals surface area contributed by atoms with E-state index in [0.717, 1.165) is 15.3 Å². The molecule has 0 saturated heterocycles. The fraction of sp³-hybridized carbons (Fsp3) is 0.111. The van der Waals surface area contributed by atoms with Crippen molar-refractivity contribution in [1.29, 1.82) is 0 Å². The van der Waals surface area contributed by atoms with Crippen molar-refractivity contribution in [3.05, 3.63) is 70.6 Å². The quantitative estimate of drug-likeness (QED) is 0.546. The number of benzene rings is 2. The minimum Gasteiger partial charge on any atom is -0.203 e. The van der Waals surface area contributed by atoms with E-state index in [1.54, 1.807) is 12.1 Å². The van der Waals surface area contributed by atoms with Crippen LogP contribution in [0.25, 0.3) is 21.6 Å². The Bertz CT molecular complexity index is 785. The Morgan fingerprint density at radius 2 is 1.33 bits per heavy atom. The van der Waals surface area contributed by atoms with E-state index in [-0.39, 0.29) is 0 Å². The van der Waals surface area contributed by atoms with Gasteiger partial charge < -0.3 is 0 Å². The molecule has 0 spiro atoms. The topological polar surface area (TPSA) is 0 Å². The third-order valence-electron chi connectivity index (χ3n) is 3.45. The highest BCUT2D eigenvalue weighted by Gasteiger charge is 2.16. The second-order valence-corrected chi connectivity index (χ2v) is 6.35. The molecule has 0 aliphatic rings. The first-order valence-corrected chi connectivity index (χ1v) is 7.50. The van der Waals surface area contributed by atoms with Crippen molar-refractivity contribution in [2.45, 2.75) is 13.8 Å². The van der Waals surface area contributed by atoms with Crippen LogP contribution in [0.4, 0.5) is 8.78 Å². The summed E-state index contributed by atoms with van der Waals surface area (Å²) in [5, 5.41) is 0. The van der Waals surface area contributed by atoms with Gasteiger partial charge in [-0.25, -0.2) is 8.78 Å². The Kier molecular flexibility index (Phi) is 3.60. The molecule has 0 amide bonds. The lowest BCUT2D eigenvalue weighted by Gasteiger charge is -2.08. The Labute approximate surface area is 126 Å². The lowest BCUT2D eigenvalue weighted by Crippen LogP contribution is -1.93. The van der Waals surface area contributed by atoms with Gasteiger partial charge in [0, 0.05) is 20.9 Å². The van der Waals surface area contributed by atoms with Crippen LogP contribution in [-0.4, -0.2) is 0 Å². The van der Waals surface area contributed by atoms with Crippen LogP contribution in [0.15, 0.2) is 48.5 Å². The van der Waals surface area contributed by atoms with Gasteiger partial charge in [0.05, 0.1) is 0 Å². The molecule has 1 heterocycles. The minimum atomic E-state index is -0.789. The molecule has 2 aromatic carbocycles. The Hall–Kier alpha value is -2.00. The highest BCUT2D eigenvalue weighted by Crippen LogP contribution is 2.34. The summed E-state index contributed by atoms with van der Waals surface area (Å²) in [5.74, 6) is -1.57. The van der Waals surface area contributed by atoms with Crippen molar-refractivity contribution in [1.82, 2.24) is 0 Å². The number of hydrogen-bond acceptors (Lipinski definition) is 1. The molecule has 0 N–H and O–H groups in total. The third-order valence-corrected chi connectivity index (χ3v) is 4.48. The average molecular weight is 300 g/mol. The van der Waals surface area contributed by atoms with Gasteiger partial charge in [-0.05, 0) is 37.6 Å². The molecule has 0 saturated carbocycles. The molecule has 21 heavy (non-hydrogen) atoms. The van der Waals surface area contributed by atoms with Gasteiger partial charge in [0.25, 0.3) is 0 Å². The SMILES string of the molecule is Cc1ccc(-c2ccc(-c3ccc(C)s3)c(F)c2F)cc1. The highest BCUT2D eigenvalue weighted by molar-refractivity contribution is 7.15. The predicted molar refractivity (Wildman–Crippen MR) is 84.6 cm³/mol. The molecular weight excluding hydrogens is 286 g/mol. The molecule has 0 radical (unpaired) electrons. The number of thiophene rings is 1. The molecule has 106 valence electrons. The van der Waals surface area contributed by atoms with E-state index in [2.05, 4.69) is 0 Å².